The molecule has 5 aromatic carbocycles. The van der Waals surface area contributed by atoms with Crippen LogP contribution >= 0.6 is 0 Å². The van der Waals surface area contributed by atoms with Crippen molar-refractivity contribution in [2.45, 2.75) is 19.3 Å². The van der Waals surface area contributed by atoms with Crippen LogP contribution in [-0.4, -0.2) is 11.9 Å². The van der Waals surface area contributed by atoms with Gasteiger partial charge in [0.2, 0.25) is 0 Å². The van der Waals surface area contributed by atoms with Crippen molar-refractivity contribution in [2.75, 3.05) is 4.90 Å². The highest BCUT2D eigenvalue weighted by Gasteiger charge is 2.45. The van der Waals surface area contributed by atoms with Gasteiger partial charge in [-0.25, -0.2) is 9.59 Å². The lowest BCUT2D eigenvalue weighted by Crippen LogP contribution is -2.30. The molecule has 42 heavy (non-hydrogen) atoms. The molecule has 0 N–H and O–H groups in total. The SMILES string of the molecule is CC1(C)c2ccccc2N(c2cccc3ccccc23)c2ccc(C3=C4OC(=O)C(c5ccccc5)=C4OC3=O)cc21. The highest BCUT2D eigenvalue weighted by atomic mass is 16.6. The zero-order chi connectivity index (χ0) is 28.6. The molecule has 0 atom stereocenters. The predicted octanol–water partition coefficient (Wildman–Crippen LogP) is 8.18. The molecule has 3 heterocycles. The number of carbonyl (C=O) groups is 2. The van der Waals surface area contributed by atoms with Crippen LogP contribution in [0.25, 0.3) is 21.9 Å². The van der Waals surface area contributed by atoms with Gasteiger partial charge in [-0.05, 0) is 51.9 Å². The third kappa shape index (κ3) is 3.37. The topological polar surface area (TPSA) is 55.8 Å². The lowest BCUT2D eigenvalue weighted by molar-refractivity contribution is -0.131. The first kappa shape index (κ1) is 24.4. The van der Waals surface area contributed by atoms with Gasteiger partial charge in [0.1, 0.15) is 11.1 Å². The van der Waals surface area contributed by atoms with Gasteiger partial charge in [-0.15, -0.1) is 0 Å². The molecule has 5 nitrogen and oxygen atoms in total. The number of para-hydroxylation sites is 1. The Morgan fingerprint density at radius 3 is 1.93 bits per heavy atom. The van der Waals surface area contributed by atoms with E-state index >= 15 is 0 Å². The number of hydrogen-bond donors (Lipinski definition) is 0. The predicted molar refractivity (Wildman–Crippen MR) is 163 cm³/mol. The van der Waals surface area contributed by atoms with E-state index in [0.29, 0.717) is 11.1 Å². The lowest BCUT2D eigenvalue weighted by Gasteiger charge is -2.42. The van der Waals surface area contributed by atoms with E-state index in [1.807, 2.05) is 30.3 Å². The Balaban J connectivity index is 1.34. The smallest absolute Gasteiger partial charge is 0.348 e. The fourth-order valence-corrected chi connectivity index (χ4v) is 6.52. The first-order valence-electron chi connectivity index (χ1n) is 13.9. The van der Waals surface area contributed by atoms with Crippen molar-refractivity contribution in [1.29, 1.82) is 0 Å². The van der Waals surface area contributed by atoms with E-state index in [-0.39, 0.29) is 28.1 Å². The van der Waals surface area contributed by atoms with Crippen LogP contribution in [0.2, 0.25) is 0 Å². The second kappa shape index (κ2) is 8.79. The molecule has 3 aliphatic rings. The fraction of sp³-hybridized carbons (Fsp3) is 0.0811. The number of anilines is 3. The number of rotatable bonds is 3. The average Bonchev–Trinajstić information content (AvgIpc) is 3.49. The van der Waals surface area contributed by atoms with Gasteiger partial charge in [-0.1, -0.05) is 105 Å². The van der Waals surface area contributed by atoms with E-state index in [1.165, 1.54) is 5.56 Å². The standard InChI is InChI=1S/C37H25NO4/c1-37(2)26-16-8-9-17-29(26)38(28-18-10-14-22-11-6-7-15-25(22)28)30-20-19-24(21-27(30)37)32-34-33(41-36(32)40)31(35(39)42-34)23-12-4-3-5-13-23/h3-21H,1-2H3. The van der Waals surface area contributed by atoms with Crippen molar-refractivity contribution in [3.8, 4) is 0 Å². The molecular formula is C37H25NO4. The summed E-state index contributed by atoms with van der Waals surface area (Å²) in [5.41, 5.74) is 6.90. The first-order chi connectivity index (χ1) is 20.4. The second-order valence-electron chi connectivity index (χ2n) is 11.3. The molecule has 0 spiro atoms. The van der Waals surface area contributed by atoms with Gasteiger partial charge in [0.25, 0.3) is 0 Å². The molecule has 5 heteroatoms. The zero-order valence-corrected chi connectivity index (χ0v) is 23.0. The van der Waals surface area contributed by atoms with Crippen LogP contribution < -0.4 is 4.90 Å². The van der Waals surface area contributed by atoms with Gasteiger partial charge in [0, 0.05) is 10.8 Å². The highest BCUT2D eigenvalue weighted by Crippen LogP contribution is 2.54. The Labute approximate surface area is 242 Å². The van der Waals surface area contributed by atoms with E-state index in [0.717, 1.165) is 33.4 Å². The largest absolute Gasteiger partial charge is 0.418 e. The van der Waals surface area contributed by atoms with Gasteiger partial charge in [0.05, 0.1) is 17.1 Å². The van der Waals surface area contributed by atoms with E-state index in [2.05, 4.69) is 91.5 Å². The van der Waals surface area contributed by atoms with Gasteiger partial charge >= 0.3 is 11.9 Å². The number of benzene rings is 5. The zero-order valence-electron chi connectivity index (χ0n) is 23.0. The Kier molecular flexibility index (Phi) is 5.10. The quantitative estimate of drug-likeness (QED) is 0.213. The second-order valence-corrected chi connectivity index (χ2v) is 11.3. The molecule has 3 aliphatic heterocycles. The Hall–Kier alpha value is -5.42. The maximum atomic E-state index is 13.3. The molecule has 0 bridgehead atoms. The summed E-state index contributed by atoms with van der Waals surface area (Å²) in [6, 6.07) is 38.4. The van der Waals surface area contributed by atoms with Crippen LogP contribution in [0.5, 0.6) is 0 Å². The first-order valence-corrected chi connectivity index (χ1v) is 13.9. The number of esters is 2. The van der Waals surface area contributed by atoms with E-state index in [1.54, 1.807) is 12.1 Å². The summed E-state index contributed by atoms with van der Waals surface area (Å²) >= 11 is 0. The van der Waals surface area contributed by atoms with Crippen molar-refractivity contribution in [3.05, 3.63) is 149 Å². The number of hydrogen-bond acceptors (Lipinski definition) is 5. The third-order valence-corrected chi connectivity index (χ3v) is 8.55. The van der Waals surface area contributed by atoms with E-state index in [4.69, 9.17) is 9.47 Å². The van der Waals surface area contributed by atoms with Crippen LogP contribution in [0.15, 0.2) is 127 Å². The molecule has 5 aromatic rings. The molecule has 202 valence electrons. The molecule has 0 unspecified atom stereocenters. The minimum Gasteiger partial charge on any atom is -0.418 e. The Morgan fingerprint density at radius 2 is 1.14 bits per heavy atom. The number of ether oxygens (including phenoxy) is 2. The fourth-order valence-electron chi connectivity index (χ4n) is 6.52. The molecule has 0 aliphatic carbocycles. The van der Waals surface area contributed by atoms with E-state index in [9.17, 15) is 9.59 Å². The Morgan fingerprint density at radius 1 is 0.548 bits per heavy atom. The minimum atomic E-state index is -0.527. The van der Waals surface area contributed by atoms with Crippen molar-refractivity contribution in [1.82, 2.24) is 0 Å². The van der Waals surface area contributed by atoms with Crippen molar-refractivity contribution < 1.29 is 19.1 Å². The summed E-state index contributed by atoms with van der Waals surface area (Å²) in [4.78, 5) is 28.6. The maximum Gasteiger partial charge on any atom is 0.348 e. The normalized spacial score (nSPS) is 16.8. The van der Waals surface area contributed by atoms with Crippen LogP contribution in [0.3, 0.4) is 0 Å². The molecule has 0 amide bonds. The molecule has 8 rings (SSSR count). The summed E-state index contributed by atoms with van der Waals surface area (Å²) < 4.78 is 11.4. The van der Waals surface area contributed by atoms with Gasteiger partial charge in [-0.2, -0.15) is 0 Å². The summed E-state index contributed by atoms with van der Waals surface area (Å²) in [5, 5.41) is 2.31. The van der Waals surface area contributed by atoms with Crippen molar-refractivity contribution >= 4 is 50.9 Å². The van der Waals surface area contributed by atoms with Crippen LogP contribution in [-0.2, 0) is 24.5 Å². The van der Waals surface area contributed by atoms with Gasteiger partial charge in [0.15, 0.2) is 11.5 Å². The summed E-state index contributed by atoms with van der Waals surface area (Å²) in [5.74, 6) is -0.680. The summed E-state index contributed by atoms with van der Waals surface area (Å²) in [6.07, 6.45) is 0. The number of carbonyl (C=O) groups excluding carboxylic acids is 2. The number of fused-ring (bicyclic) bond motifs is 4. The molecule has 0 saturated carbocycles. The maximum absolute atomic E-state index is 13.3. The summed E-state index contributed by atoms with van der Waals surface area (Å²) in [7, 11) is 0. The molecule has 0 saturated heterocycles. The van der Waals surface area contributed by atoms with Crippen molar-refractivity contribution in [3.63, 3.8) is 0 Å². The highest BCUT2D eigenvalue weighted by molar-refractivity contribution is 6.29. The number of nitrogens with zero attached hydrogens (tertiary/aromatic N) is 1. The Bertz CT molecular complexity index is 2050. The molecular weight excluding hydrogens is 522 g/mol. The van der Waals surface area contributed by atoms with Crippen LogP contribution in [0.4, 0.5) is 17.1 Å². The van der Waals surface area contributed by atoms with Crippen molar-refractivity contribution in [2.24, 2.45) is 0 Å². The minimum absolute atomic E-state index is 0.184. The van der Waals surface area contributed by atoms with Crippen LogP contribution in [0, 0.1) is 0 Å². The van der Waals surface area contributed by atoms with Gasteiger partial charge < -0.3 is 14.4 Å². The van der Waals surface area contributed by atoms with Gasteiger partial charge in [-0.3, -0.25) is 0 Å². The van der Waals surface area contributed by atoms with Crippen LogP contribution in [0.1, 0.15) is 36.1 Å². The molecule has 0 fully saturated rings. The van der Waals surface area contributed by atoms with E-state index < -0.39 is 11.9 Å². The summed E-state index contributed by atoms with van der Waals surface area (Å²) in [6.45, 7) is 4.40. The monoisotopic (exact) mass is 547 g/mol. The molecule has 0 radical (unpaired) electrons. The third-order valence-electron chi connectivity index (χ3n) is 8.55. The molecule has 0 aromatic heterocycles. The average molecular weight is 548 g/mol. The lowest BCUT2D eigenvalue weighted by atomic mass is 9.72.